The van der Waals surface area contributed by atoms with Crippen molar-refractivity contribution in [3.63, 3.8) is 0 Å². The van der Waals surface area contributed by atoms with Crippen molar-refractivity contribution in [1.29, 1.82) is 0 Å². The summed E-state index contributed by atoms with van der Waals surface area (Å²) in [5.74, 6) is -0.524. The summed E-state index contributed by atoms with van der Waals surface area (Å²) in [4.78, 5) is 43.5. The largest absolute Gasteiger partial charge is 0.464 e. The summed E-state index contributed by atoms with van der Waals surface area (Å²) in [6, 6.07) is 22.3. The highest BCUT2D eigenvalue weighted by atomic mass is 16.5. The Labute approximate surface area is 222 Å². The monoisotopic (exact) mass is 512 g/mol. The Bertz CT molecular complexity index is 1480. The second-order valence-electron chi connectivity index (χ2n) is 9.36. The van der Waals surface area contributed by atoms with Gasteiger partial charge in [-0.05, 0) is 43.2 Å². The molecule has 0 aliphatic carbocycles. The lowest BCUT2D eigenvalue weighted by Gasteiger charge is -2.28. The minimum atomic E-state index is -0.282. The molecule has 0 atom stereocenters. The summed E-state index contributed by atoms with van der Waals surface area (Å²) < 4.78 is 10.9. The topological polar surface area (TPSA) is 80.1 Å². The third-order valence-electron chi connectivity index (χ3n) is 6.48. The molecule has 0 spiro atoms. The molecule has 0 N–H and O–H groups in total. The van der Waals surface area contributed by atoms with Crippen molar-refractivity contribution in [1.82, 2.24) is 9.80 Å². The van der Waals surface area contributed by atoms with Crippen LogP contribution in [0, 0.1) is 13.8 Å². The highest BCUT2D eigenvalue weighted by Gasteiger charge is 2.24. The fraction of sp³-hybridized carbons (Fsp3) is 0.258. The van der Waals surface area contributed by atoms with Crippen LogP contribution >= 0.6 is 0 Å². The first-order valence-corrected chi connectivity index (χ1v) is 12.5. The van der Waals surface area contributed by atoms with Crippen LogP contribution in [0.4, 0.5) is 0 Å². The van der Waals surface area contributed by atoms with Crippen molar-refractivity contribution in [3.8, 4) is 0 Å². The molecule has 2 amide bonds. The third kappa shape index (κ3) is 6.36. The molecule has 1 heterocycles. The summed E-state index contributed by atoms with van der Waals surface area (Å²) in [6.45, 7) is 4.51. The minimum absolute atomic E-state index is 0.0522. The van der Waals surface area contributed by atoms with Crippen molar-refractivity contribution in [3.05, 3.63) is 117 Å². The maximum Gasteiger partial charge on any atom is 0.254 e. The highest BCUT2D eigenvalue weighted by molar-refractivity contribution is 5.97. The molecule has 7 nitrogen and oxygen atoms in total. The minimum Gasteiger partial charge on any atom is -0.464 e. The zero-order valence-electron chi connectivity index (χ0n) is 22.0. The van der Waals surface area contributed by atoms with Gasteiger partial charge in [-0.15, -0.1) is 0 Å². The second-order valence-corrected chi connectivity index (χ2v) is 9.36. The molecule has 4 aromatic rings. The number of methoxy groups -OCH3 is 1. The maximum atomic E-state index is 13.7. The van der Waals surface area contributed by atoms with Crippen LogP contribution in [-0.4, -0.2) is 48.4 Å². The van der Waals surface area contributed by atoms with Crippen molar-refractivity contribution < 1.29 is 18.7 Å². The first kappa shape index (κ1) is 26.8. The number of aryl methyl sites for hydroxylation is 2. The van der Waals surface area contributed by atoms with Gasteiger partial charge in [0, 0.05) is 25.8 Å². The molecule has 7 heteroatoms. The van der Waals surface area contributed by atoms with Crippen LogP contribution in [-0.2, 0) is 22.6 Å². The summed E-state index contributed by atoms with van der Waals surface area (Å²) >= 11 is 0. The number of hydrogen-bond acceptors (Lipinski definition) is 5. The van der Waals surface area contributed by atoms with E-state index in [-0.39, 0.29) is 50.0 Å². The van der Waals surface area contributed by atoms with Crippen LogP contribution in [0.15, 0.2) is 88.3 Å². The Kier molecular flexibility index (Phi) is 8.71. The Balaban J connectivity index is 1.64. The fourth-order valence-corrected chi connectivity index (χ4v) is 4.34. The Hall–Kier alpha value is -4.23. The molecular weight excluding hydrogens is 480 g/mol. The number of carbonyl (C=O) groups excluding carboxylic acids is 2. The van der Waals surface area contributed by atoms with Gasteiger partial charge in [-0.1, -0.05) is 60.2 Å². The lowest BCUT2D eigenvalue weighted by Crippen LogP contribution is -2.44. The third-order valence-corrected chi connectivity index (χ3v) is 6.48. The average molecular weight is 513 g/mol. The van der Waals surface area contributed by atoms with Gasteiger partial charge in [0.25, 0.3) is 5.91 Å². The van der Waals surface area contributed by atoms with E-state index in [2.05, 4.69) is 0 Å². The van der Waals surface area contributed by atoms with Gasteiger partial charge in [0.1, 0.15) is 12.1 Å². The first-order valence-electron chi connectivity index (χ1n) is 12.5. The number of rotatable bonds is 10. The molecule has 0 fully saturated rings. The molecule has 0 radical (unpaired) electrons. The molecule has 0 aliphatic heterocycles. The van der Waals surface area contributed by atoms with Crippen LogP contribution < -0.4 is 5.43 Å². The quantitative estimate of drug-likeness (QED) is 0.307. The van der Waals surface area contributed by atoms with E-state index in [0.717, 1.165) is 16.7 Å². The number of amides is 2. The zero-order valence-corrected chi connectivity index (χ0v) is 22.0. The summed E-state index contributed by atoms with van der Waals surface area (Å²) in [6.07, 6.45) is 1.42. The molecular formula is C31H32N2O5. The Morgan fingerprint density at radius 3 is 2.37 bits per heavy atom. The fourth-order valence-electron chi connectivity index (χ4n) is 4.34. The number of fused-ring (bicyclic) bond motifs is 1. The van der Waals surface area contributed by atoms with E-state index >= 15 is 0 Å². The SMILES string of the molecule is COCCN(CC(=O)N(Cc1ccccc1)Cc1coc2ccc(C)cc2c1=O)C(=O)c1ccccc1C. The Morgan fingerprint density at radius 1 is 0.895 bits per heavy atom. The zero-order chi connectivity index (χ0) is 27.1. The molecule has 3 aromatic carbocycles. The normalized spacial score (nSPS) is 10.9. The number of hydrogen-bond donors (Lipinski definition) is 0. The van der Waals surface area contributed by atoms with Crippen LogP contribution in [0.5, 0.6) is 0 Å². The molecule has 0 aliphatic rings. The summed E-state index contributed by atoms with van der Waals surface area (Å²) in [5, 5.41) is 0.478. The van der Waals surface area contributed by atoms with Gasteiger partial charge < -0.3 is 19.0 Å². The van der Waals surface area contributed by atoms with E-state index in [4.69, 9.17) is 9.15 Å². The maximum absolute atomic E-state index is 13.7. The van der Waals surface area contributed by atoms with E-state index in [1.165, 1.54) is 11.2 Å². The lowest BCUT2D eigenvalue weighted by atomic mass is 10.1. The molecule has 0 bridgehead atoms. The number of benzene rings is 3. The molecule has 0 unspecified atom stereocenters. The Morgan fingerprint density at radius 2 is 1.63 bits per heavy atom. The highest BCUT2D eigenvalue weighted by Crippen LogP contribution is 2.17. The second kappa shape index (κ2) is 12.3. The lowest BCUT2D eigenvalue weighted by molar-refractivity contribution is -0.133. The predicted molar refractivity (Wildman–Crippen MR) is 147 cm³/mol. The van der Waals surface area contributed by atoms with E-state index in [1.807, 2.05) is 62.4 Å². The van der Waals surface area contributed by atoms with Crippen molar-refractivity contribution in [2.24, 2.45) is 0 Å². The molecule has 196 valence electrons. The van der Waals surface area contributed by atoms with E-state index in [0.29, 0.717) is 22.1 Å². The van der Waals surface area contributed by atoms with Gasteiger partial charge >= 0.3 is 0 Å². The number of ether oxygens (including phenoxy) is 1. The van der Waals surface area contributed by atoms with Gasteiger partial charge in [-0.25, -0.2) is 0 Å². The van der Waals surface area contributed by atoms with E-state index in [1.54, 1.807) is 36.3 Å². The number of nitrogens with zero attached hydrogens (tertiary/aromatic N) is 2. The van der Waals surface area contributed by atoms with Gasteiger partial charge in [0.2, 0.25) is 5.91 Å². The van der Waals surface area contributed by atoms with Crippen molar-refractivity contribution in [2.75, 3.05) is 26.8 Å². The average Bonchev–Trinajstić information content (AvgIpc) is 2.92. The van der Waals surface area contributed by atoms with Gasteiger partial charge in [-0.3, -0.25) is 14.4 Å². The van der Waals surface area contributed by atoms with Crippen LogP contribution in [0.25, 0.3) is 11.0 Å². The summed E-state index contributed by atoms with van der Waals surface area (Å²) in [5.41, 5.74) is 3.93. The number of carbonyl (C=O) groups is 2. The van der Waals surface area contributed by atoms with Gasteiger partial charge in [-0.2, -0.15) is 0 Å². The van der Waals surface area contributed by atoms with Gasteiger partial charge in [0.15, 0.2) is 5.43 Å². The van der Waals surface area contributed by atoms with Crippen molar-refractivity contribution >= 4 is 22.8 Å². The molecule has 38 heavy (non-hydrogen) atoms. The predicted octanol–water partition coefficient (Wildman–Crippen LogP) is 4.73. The molecule has 0 saturated heterocycles. The smallest absolute Gasteiger partial charge is 0.254 e. The molecule has 4 rings (SSSR count). The first-order chi connectivity index (χ1) is 18.4. The van der Waals surface area contributed by atoms with E-state index in [9.17, 15) is 14.4 Å². The molecule has 0 saturated carbocycles. The van der Waals surface area contributed by atoms with Gasteiger partial charge in [0.05, 0.1) is 30.4 Å². The van der Waals surface area contributed by atoms with Crippen LogP contribution in [0.3, 0.4) is 0 Å². The van der Waals surface area contributed by atoms with E-state index < -0.39 is 0 Å². The van der Waals surface area contributed by atoms with Crippen molar-refractivity contribution in [2.45, 2.75) is 26.9 Å². The standard InChI is InChI=1S/C31H32N2O5/c1-22-13-14-28-27(17-22)30(35)25(21-38-28)19-33(18-24-10-5-4-6-11-24)29(34)20-32(15-16-37-3)31(36)26-12-8-7-9-23(26)2/h4-14,17,21H,15-16,18-20H2,1-3H3. The summed E-state index contributed by atoms with van der Waals surface area (Å²) in [7, 11) is 1.56. The van der Waals surface area contributed by atoms with Crippen LogP contribution in [0.1, 0.15) is 32.6 Å². The molecule has 1 aromatic heterocycles. The van der Waals surface area contributed by atoms with Crippen LogP contribution in [0.2, 0.25) is 0 Å².